The summed E-state index contributed by atoms with van der Waals surface area (Å²) >= 11 is 5.88. The molecule has 0 bridgehead atoms. The minimum atomic E-state index is 0.250. The molecule has 2 N–H and O–H groups in total. The van der Waals surface area contributed by atoms with Crippen molar-refractivity contribution in [1.82, 2.24) is 4.90 Å². The van der Waals surface area contributed by atoms with Crippen LogP contribution in [0.2, 0.25) is 5.02 Å². The molecule has 0 atom stereocenters. The summed E-state index contributed by atoms with van der Waals surface area (Å²) in [5, 5.41) is 0.570. The van der Waals surface area contributed by atoms with Gasteiger partial charge in [0.1, 0.15) is 0 Å². The molecule has 1 saturated heterocycles. The van der Waals surface area contributed by atoms with Crippen LogP contribution in [-0.2, 0) is 11.2 Å². The first kappa shape index (κ1) is 14.2. The number of carbonyl (C=O) groups is 1. The predicted octanol–water partition coefficient (Wildman–Crippen LogP) is 3.11. The van der Waals surface area contributed by atoms with Crippen LogP contribution in [0, 0.1) is 5.92 Å². The highest BCUT2D eigenvalue weighted by Crippen LogP contribution is 2.21. The van der Waals surface area contributed by atoms with Gasteiger partial charge < -0.3 is 10.6 Å². The summed E-state index contributed by atoms with van der Waals surface area (Å²) in [7, 11) is 0. The van der Waals surface area contributed by atoms with Gasteiger partial charge in [-0.3, -0.25) is 4.79 Å². The average Bonchev–Trinajstić information content (AvgIpc) is 2.40. The largest absolute Gasteiger partial charge is 0.398 e. The summed E-state index contributed by atoms with van der Waals surface area (Å²) in [5.41, 5.74) is 7.41. The average molecular weight is 281 g/mol. The maximum Gasteiger partial charge on any atom is 0.222 e. The number of amides is 1. The molecule has 0 unspecified atom stereocenters. The Morgan fingerprint density at radius 1 is 1.42 bits per heavy atom. The monoisotopic (exact) mass is 280 g/mol. The third-order valence-electron chi connectivity index (χ3n) is 3.82. The van der Waals surface area contributed by atoms with Gasteiger partial charge in [-0.2, -0.15) is 0 Å². The number of nitrogens with two attached hydrogens (primary N) is 1. The van der Waals surface area contributed by atoms with Gasteiger partial charge in [0.25, 0.3) is 0 Å². The van der Waals surface area contributed by atoms with Crippen molar-refractivity contribution in [2.45, 2.75) is 32.6 Å². The highest BCUT2D eigenvalue weighted by Gasteiger charge is 2.19. The van der Waals surface area contributed by atoms with E-state index in [-0.39, 0.29) is 5.91 Å². The molecule has 1 aliphatic heterocycles. The number of benzene rings is 1. The van der Waals surface area contributed by atoms with Crippen molar-refractivity contribution in [2.24, 2.45) is 5.92 Å². The zero-order chi connectivity index (χ0) is 13.8. The highest BCUT2D eigenvalue weighted by atomic mass is 35.5. The molecule has 1 aromatic rings. The van der Waals surface area contributed by atoms with E-state index in [0.29, 0.717) is 17.1 Å². The summed E-state index contributed by atoms with van der Waals surface area (Å²) in [6.45, 7) is 4.06. The highest BCUT2D eigenvalue weighted by molar-refractivity contribution is 6.33. The van der Waals surface area contributed by atoms with Gasteiger partial charge in [-0.25, -0.2) is 0 Å². The molecular formula is C15H21ClN2O. The van der Waals surface area contributed by atoms with Crippen LogP contribution in [0.25, 0.3) is 0 Å². The molecule has 104 valence electrons. The Kier molecular flexibility index (Phi) is 4.70. The SMILES string of the molecule is CC1CCN(C(=O)CCc2ccc(Cl)c(N)c2)CC1. The number of halogens is 1. The van der Waals surface area contributed by atoms with Gasteiger partial charge in [0.2, 0.25) is 5.91 Å². The summed E-state index contributed by atoms with van der Waals surface area (Å²) in [5.74, 6) is 1.00. The number of aryl methyl sites for hydroxylation is 1. The number of carbonyl (C=O) groups excluding carboxylic acids is 1. The summed E-state index contributed by atoms with van der Waals surface area (Å²) in [4.78, 5) is 14.1. The summed E-state index contributed by atoms with van der Waals surface area (Å²) in [6.07, 6.45) is 3.53. The van der Waals surface area contributed by atoms with Gasteiger partial charge in [0.05, 0.1) is 10.7 Å². The quantitative estimate of drug-likeness (QED) is 0.865. The lowest BCUT2D eigenvalue weighted by Crippen LogP contribution is -2.37. The number of likely N-dealkylation sites (tertiary alicyclic amines) is 1. The van der Waals surface area contributed by atoms with Crippen LogP contribution >= 0.6 is 11.6 Å². The van der Waals surface area contributed by atoms with Gasteiger partial charge in [-0.1, -0.05) is 24.6 Å². The molecule has 4 heteroatoms. The second kappa shape index (κ2) is 6.29. The third kappa shape index (κ3) is 3.87. The predicted molar refractivity (Wildman–Crippen MR) is 79.2 cm³/mol. The maximum absolute atomic E-state index is 12.1. The molecule has 1 heterocycles. The van der Waals surface area contributed by atoms with Crippen molar-refractivity contribution in [3.8, 4) is 0 Å². The third-order valence-corrected chi connectivity index (χ3v) is 4.17. The molecule has 0 radical (unpaired) electrons. The van der Waals surface area contributed by atoms with Gasteiger partial charge >= 0.3 is 0 Å². The fourth-order valence-electron chi connectivity index (χ4n) is 2.42. The Hall–Kier alpha value is -1.22. The molecule has 3 nitrogen and oxygen atoms in total. The van der Waals surface area contributed by atoms with Gasteiger partial charge in [-0.15, -0.1) is 0 Å². The molecule has 1 amide bonds. The minimum Gasteiger partial charge on any atom is -0.398 e. The van der Waals surface area contributed by atoms with E-state index in [9.17, 15) is 4.79 Å². The second-order valence-corrected chi connectivity index (χ2v) is 5.83. The lowest BCUT2D eigenvalue weighted by molar-refractivity contribution is -0.132. The Morgan fingerprint density at radius 2 is 2.11 bits per heavy atom. The van der Waals surface area contributed by atoms with Crippen LogP contribution in [0.1, 0.15) is 31.7 Å². The van der Waals surface area contributed by atoms with E-state index in [1.807, 2.05) is 17.0 Å². The van der Waals surface area contributed by atoms with Crippen LogP contribution in [0.3, 0.4) is 0 Å². The molecule has 0 spiro atoms. The van der Waals surface area contributed by atoms with Gasteiger partial charge in [-0.05, 0) is 42.9 Å². The smallest absolute Gasteiger partial charge is 0.222 e. The van der Waals surface area contributed by atoms with E-state index >= 15 is 0 Å². The van der Waals surface area contributed by atoms with Gasteiger partial charge in [0.15, 0.2) is 0 Å². The van der Waals surface area contributed by atoms with Crippen molar-refractivity contribution < 1.29 is 4.79 Å². The first-order chi connectivity index (χ1) is 9.06. The van der Waals surface area contributed by atoms with E-state index in [1.54, 1.807) is 6.07 Å². The van der Waals surface area contributed by atoms with Crippen LogP contribution in [0.5, 0.6) is 0 Å². The van der Waals surface area contributed by atoms with Crippen molar-refractivity contribution in [3.05, 3.63) is 28.8 Å². The molecule has 0 aromatic heterocycles. The molecule has 2 rings (SSSR count). The second-order valence-electron chi connectivity index (χ2n) is 5.42. The molecular weight excluding hydrogens is 260 g/mol. The molecule has 19 heavy (non-hydrogen) atoms. The number of piperidine rings is 1. The Bertz CT molecular complexity index is 453. The Labute approximate surface area is 119 Å². The van der Waals surface area contributed by atoms with Crippen LogP contribution < -0.4 is 5.73 Å². The number of rotatable bonds is 3. The molecule has 1 aromatic carbocycles. The fourth-order valence-corrected chi connectivity index (χ4v) is 2.53. The fraction of sp³-hybridized carbons (Fsp3) is 0.533. The zero-order valence-electron chi connectivity index (χ0n) is 11.4. The van der Waals surface area contributed by atoms with E-state index in [0.717, 1.165) is 43.8 Å². The van der Waals surface area contributed by atoms with E-state index < -0.39 is 0 Å². The van der Waals surface area contributed by atoms with Crippen LogP contribution in [0.4, 0.5) is 5.69 Å². The number of hydrogen-bond donors (Lipinski definition) is 1. The Balaban J connectivity index is 1.84. The first-order valence-corrected chi connectivity index (χ1v) is 7.25. The summed E-state index contributed by atoms with van der Waals surface area (Å²) in [6, 6.07) is 5.58. The number of hydrogen-bond acceptors (Lipinski definition) is 2. The minimum absolute atomic E-state index is 0.250. The molecule has 1 fully saturated rings. The van der Waals surface area contributed by atoms with Crippen molar-refractivity contribution in [1.29, 1.82) is 0 Å². The maximum atomic E-state index is 12.1. The van der Waals surface area contributed by atoms with Crippen LogP contribution in [0.15, 0.2) is 18.2 Å². The van der Waals surface area contributed by atoms with Crippen molar-refractivity contribution in [2.75, 3.05) is 18.8 Å². The zero-order valence-corrected chi connectivity index (χ0v) is 12.1. The topological polar surface area (TPSA) is 46.3 Å². The molecule has 1 aliphatic rings. The van der Waals surface area contributed by atoms with Gasteiger partial charge in [0, 0.05) is 19.5 Å². The van der Waals surface area contributed by atoms with Crippen LogP contribution in [-0.4, -0.2) is 23.9 Å². The molecule has 0 aliphatic carbocycles. The standard InChI is InChI=1S/C15H21ClN2O/c1-11-6-8-18(9-7-11)15(19)5-3-12-2-4-13(16)14(17)10-12/h2,4,10-11H,3,5-9,17H2,1H3. The summed E-state index contributed by atoms with van der Waals surface area (Å²) < 4.78 is 0. The van der Waals surface area contributed by atoms with E-state index in [4.69, 9.17) is 17.3 Å². The first-order valence-electron chi connectivity index (χ1n) is 6.88. The van der Waals surface area contributed by atoms with E-state index in [1.165, 1.54) is 0 Å². The Morgan fingerprint density at radius 3 is 2.74 bits per heavy atom. The lowest BCUT2D eigenvalue weighted by atomic mass is 9.98. The van der Waals surface area contributed by atoms with Crippen molar-refractivity contribution in [3.63, 3.8) is 0 Å². The number of anilines is 1. The number of nitrogens with zero attached hydrogens (tertiary/aromatic N) is 1. The normalized spacial score (nSPS) is 16.6. The molecule has 0 saturated carbocycles. The van der Waals surface area contributed by atoms with E-state index in [2.05, 4.69) is 6.92 Å². The van der Waals surface area contributed by atoms with Crippen molar-refractivity contribution >= 4 is 23.2 Å². The number of nitrogen functional groups attached to an aromatic ring is 1. The lowest BCUT2D eigenvalue weighted by Gasteiger charge is -2.30.